The molecule has 32 heavy (non-hydrogen) atoms. The fraction of sp³-hybridized carbons (Fsp3) is 0.577. The van der Waals surface area contributed by atoms with E-state index in [1.807, 2.05) is 24.9 Å². The average Bonchev–Trinajstić information content (AvgIpc) is 3.08. The third kappa shape index (κ3) is 4.45. The summed E-state index contributed by atoms with van der Waals surface area (Å²) in [6, 6.07) is 10.4. The highest BCUT2D eigenvalue weighted by Crippen LogP contribution is 2.42. The molecule has 2 amide bonds. The molecule has 0 aliphatic carbocycles. The minimum absolute atomic E-state index is 0.0656. The highest BCUT2D eigenvalue weighted by molar-refractivity contribution is 5.95. The summed E-state index contributed by atoms with van der Waals surface area (Å²) in [5.74, 6) is 0.709. The van der Waals surface area contributed by atoms with Gasteiger partial charge in [-0.15, -0.1) is 0 Å². The molecule has 172 valence electrons. The molecule has 1 aromatic heterocycles. The van der Waals surface area contributed by atoms with Crippen molar-refractivity contribution in [3.8, 4) is 0 Å². The quantitative estimate of drug-likeness (QED) is 0.716. The summed E-state index contributed by atoms with van der Waals surface area (Å²) in [7, 11) is 1.86. The fourth-order valence-electron chi connectivity index (χ4n) is 5.46. The Bertz CT molecular complexity index is 946. The van der Waals surface area contributed by atoms with Crippen LogP contribution in [-0.4, -0.2) is 57.6 Å². The Morgan fingerprint density at radius 2 is 1.84 bits per heavy atom. The molecule has 2 aliphatic heterocycles. The second-order valence-electron chi connectivity index (χ2n) is 9.74. The predicted molar refractivity (Wildman–Crippen MR) is 125 cm³/mol. The lowest BCUT2D eigenvalue weighted by Crippen LogP contribution is -2.49. The first-order chi connectivity index (χ1) is 15.4. The monoisotopic (exact) mass is 436 g/mol. The van der Waals surface area contributed by atoms with Gasteiger partial charge in [-0.2, -0.15) is 5.10 Å². The van der Waals surface area contributed by atoms with Crippen LogP contribution in [0.5, 0.6) is 0 Å². The zero-order valence-corrected chi connectivity index (χ0v) is 19.7. The second kappa shape index (κ2) is 9.47. The van der Waals surface area contributed by atoms with Gasteiger partial charge in [0.05, 0.1) is 11.8 Å². The van der Waals surface area contributed by atoms with E-state index in [0.29, 0.717) is 30.5 Å². The lowest BCUT2D eigenvalue weighted by Gasteiger charge is -2.43. The van der Waals surface area contributed by atoms with Gasteiger partial charge in [0, 0.05) is 44.3 Å². The number of hydrogen-bond donors (Lipinski definition) is 0. The van der Waals surface area contributed by atoms with Gasteiger partial charge in [0.1, 0.15) is 0 Å². The summed E-state index contributed by atoms with van der Waals surface area (Å²) in [4.78, 5) is 30.7. The lowest BCUT2D eigenvalue weighted by molar-refractivity contribution is -0.144. The Labute approximate surface area is 191 Å². The van der Waals surface area contributed by atoms with Crippen molar-refractivity contribution in [1.82, 2.24) is 19.6 Å². The van der Waals surface area contributed by atoms with Gasteiger partial charge >= 0.3 is 0 Å². The molecule has 3 heterocycles. The number of piperidine rings is 1. The molecule has 6 nitrogen and oxygen atoms in total. The second-order valence-corrected chi connectivity index (χ2v) is 9.74. The maximum atomic E-state index is 13.7. The van der Waals surface area contributed by atoms with E-state index in [-0.39, 0.29) is 11.3 Å². The maximum Gasteiger partial charge on any atom is 0.257 e. The normalized spacial score (nSPS) is 22.8. The van der Waals surface area contributed by atoms with Gasteiger partial charge in [-0.1, -0.05) is 43.7 Å². The number of carbonyl (C=O) groups is 2. The number of hydrogen-bond acceptors (Lipinski definition) is 3. The van der Waals surface area contributed by atoms with Crippen LogP contribution in [0.25, 0.3) is 0 Å². The number of likely N-dealkylation sites (tertiary alicyclic amines) is 2. The number of aryl methyl sites for hydroxylation is 1. The summed E-state index contributed by atoms with van der Waals surface area (Å²) in [6.07, 6.45) is 7.48. The molecule has 0 bridgehead atoms. The van der Waals surface area contributed by atoms with E-state index in [4.69, 9.17) is 0 Å². The number of rotatable bonds is 5. The van der Waals surface area contributed by atoms with Crippen LogP contribution in [0.4, 0.5) is 0 Å². The Kier molecular flexibility index (Phi) is 6.68. The van der Waals surface area contributed by atoms with E-state index >= 15 is 0 Å². The smallest absolute Gasteiger partial charge is 0.257 e. The third-order valence-electron chi connectivity index (χ3n) is 7.81. The van der Waals surface area contributed by atoms with Gasteiger partial charge in [0.15, 0.2) is 0 Å². The van der Waals surface area contributed by atoms with Crippen LogP contribution < -0.4 is 0 Å². The van der Waals surface area contributed by atoms with Crippen molar-refractivity contribution in [3.05, 3.63) is 53.3 Å². The van der Waals surface area contributed by atoms with Gasteiger partial charge in [0.25, 0.3) is 5.91 Å². The van der Waals surface area contributed by atoms with E-state index in [1.54, 1.807) is 10.9 Å². The van der Waals surface area contributed by atoms with Crippen molar-refractivity contribution < 1.29 is 9.59 Å². The molecule has 1 unspecified atom stereocenters. The van der Waals surface area contributed by atoms with E-state index in [0.717, 1.165) is 57.3 Å². The third-order valence-corrected chi connectivity index (χ3v) is 7.81. The number of amides is 2. The molecule has 2 aliphatic rings. The largest absolute Gasteiger partial charge is 0.342 e. The molecule has 0 saturated carbocycles. The highest BCUT2D eigenvalue weighted by atomic mass is 16.2. The van der Waals surface area contributed by atoms with Crippen LogP contribution in [-0.2, 0) is 18.3 Å². The average molecular weight is 437 g/mol. The van der Waals surface area contributed by atoms with Gasteiger partial charge < -0.3 is 9.80 Å². The van der Waals surface area contributed by atoms with Crippen molar-refractivity contribution in [2.45, 2.75) is 52.4 Å². The van der Waals surface area contributed by atoms with Gasteiger partial charge in [0.2, 0.25) is 5.91 Å². The van der Waals surface area contributed by atoms with E-state index in [1.165, 1.54) is 5.56 Å². The van der Waals surface area contributed by atoms with Gasteiger partial charge in [-0.25, -0.2) is 0 Å². The molecule has 6 heteroatoms. The molecular weight excluding hydrogens is 400 g/mol. The first kappa shape index (κ1) is 22.6. The van der Waals surface area contributed by atoms with Crippen molar-refractivity contribution in [3.63, 3.8) is 0 Å². The first-order valence-electron chi connectivity index (χ1n) is 12.0. The number of aromatic nitrogens is 2. The molecular formula is C26H36N4O2. The van der Waals surface area contributed by atoms with Crippen molar-refractivity contribution in [1.29, 1.82) is 0 Å². The maximum absolute atomic E-state index is 13.7. The molecule has 2 saturated heterocycles. The summed E-state index contributed by atoms with van der Waals surface area (Å²) >= 11 is 0. The van der Waals surface area contributed by atoms with E-state index in [9.17, 15) is 9.59 Å². The highest BCUT2D eigenvalue weighted by Gasteiger charge is 2.45. The van der Waals surface area contributed by atoms with Crippen molar-refractivity contribution >= 4 is 11.8 Å². The fourth-order valence-corrected chi connectivity index (χ4v) is 5.46. The Morgan fingerprint density at radius 1 is 1.12 bits per heavy atom. The van der Waals surface area contributed by atoms with Crippen LogP contribution in [0, 0.1) is 18.3 Å². The van der Waals surface area contributed by atoms with Crippen LogP contribution >= 0.6 is 0 Å². The summed E-state index contributed by atoms with van der Waals surface area (Å²) in [6.45, 7) is 7.19. The topological polar surface area (TPSA) is 58.4 Å². The summed E-state index contributed by atoms with van der Waals surface area (Å²) in [5.41, 5.74) is 2.54. The van der Waals surface area contributed by atoms with Crippen LogP contribution in [0.2, 0.25) is 0 Å². The van der Waals surface area contributed by atoms with Crippen molar-refractivity contribution in [2.24, 2.45) is 18.4 Å². The SMILES string of the molecule is Cc1c(C(=O)N2CCC(C3(C)CCCCN(CCc4ccccc4)C3=O)CC2)cnn1C. The number of nitrogens with zero attached hydrogens (tertiary/aromatic N) is 4. The van der Waals surface area contributed by atoms with Gasteiger partial charge in [-0.05, 0) is 50.5 Å². The Morgan fingerprint density at radius 3 is 2.50 bits per heavy atom. The molecule has 0 radical (unpaired) electrons. The standard InChI is InChI=1S/C26H36N4O2/c1-20-23(19-27-28(20)3)24(31)29-17-12-22(13-18-29)26(2)14-7-8-15-30(25(26)32)16-11-21-9-5-4-6-10-21/h4-6,9-10,19,22H,7-8,11-18H2,1-3H3. The van der Waals surface area contributed by atoms with E-state index in [2.05, 4.69) is 41.2 Å². The molecule has 1 atom stereocenters. The molecule has 0 N–H and O–H groups in total. The number of carbonyl (C=O) groups excluding carboxylic acids is 2. The van der Waals surface area contributed by atoms with Crippen LogP contribution in [0.3, 0.4) is 0 Å². The first-order valence-corrected chi connectivity index (χ1v) is 12.0. The molecule has 1 aromatic carbocycles. The predicted octanol–water partition coefficient (Wildman–Crippen LogP) is 3.84. The van der Waals surface area contributed by atoms with Crippen LogP contribution in [0.15, 0.2) is 36.5 Å². The Balaban J connectivity index is 1.40. The van der Waals surface area contributed by atoms with Crippen molar-refractivity contribution in [2.75, 3.05) is 26.2 Å². The van der Waals surface area contributed by atoms with E-state index < -0.39 is 0 Å². The minimum atomic E-state index is -0.327. The zero-order chi connectivity index (χ0) is 22.7. The number of benzene rings is 1. The molecule has 4 rings (SSSR count). The molecule has 2 fully saturated rings. The minimum Gasteiger partial charge on any atom is -0.342 e. The summed E-state index contributed by atoms with van der Waals surface area (Å²) in [5, 5.41) is 4.22. The lowest BCUT2D eigenvalue weighted by atomic mass is 9.69. The van der Waals surface area contributed by atoms with Crippen LogP contribution in [0.1, 0.15) is 60.6 Å². The van der Waals surface area contributed by atoms with Gasteiger partial charge in [-0.3, -0.25) is 14.3 Å². The zero-order valence-electron chi connectivity index (χ0n) is 19.7. The Hall–Kier alpha value is -2.63. The summed E-state index contributed by atoms with van der Waals surface area (Å²) < 4.78 is 1.75. The molecule has 2 aromatic rings. The molecule has 0 spiro atoms.